The summed E-state index contributed by atoms with van der Waals surface area (Å²) >= 11 is 4.04. The second kappa shape index (κ2) is 6.71. The minimum Gasteiger partial charge on any atom is -0.462 e. The summed E-state index contributed by atoms with van der Waals surface area (Å²) in [6.45, 7) is 8.16. The summed E-state index contributed by atoms with van der Waals surface area (Å²) in [6.07, 6.45) is 10.1. The second-order valence-electron chi connectivity index (χ2n) is 10.1. The molecule has 150 valence electrons. The molecule has 3 saturated carbocycles. The Hall–Kier alpha value is -0.640. The van der Waals surface area contributed by atoms with Crippen molar-refractivity contribution in [1.82, 2.24) is 0 Å². The fraction of sp³-hybridized carbons (Fsp3) is 0.826. The molecule has 0 N–H and O–H groups in total. The molecule has 8 atom stereocenters. The second-order valence-corrected chi connectivity index (χ2v) is 11.2. The summed E-state index contributed by atoms with van der Waals surface area (Å²) in [5.74, 6) is 2.40. The zero-order valence-electron chi connectivity index (χ0n) is 17.1. The number of fused-ring (bicyclic) bond motifs is 5. The summed E-state index contributed by atoms with van der Waals surface area (Å²) < 4.78 is 5.55. The first-order valence-electron chi connectivity index (χ1n) is 10.7. The molecule has 3 fully saturated rings. The lowest BCUT2D eigenvalue weighted by atomic mass is 9.47. The number of esters is 1. The summed E-state index contributed by atoms with van der Waals surface area (Å²) in [4.78, 5) is 24.1. The van der Waals surface area contributed by atoms with E-state index in [4.69, 9.17) is 4.74 Å². The highest BCUT2D eigenvalue weighted by Gasteiger charge is 2.61. The zero-order chi connectivity index (χ0) is 19.6. The van der Waals surface area contributed by atoms with Crippen LogP contribution in [0.1, 0.15) is 72.6 Å². The van der Waals surface area contributed by atoms with Crippen LogP contribution in [0.15, 0.2) is 11.6 Å². The molecule has 0 radical (unpaired) electrons. The van der Waals surface area contributed by atoms with E-state index >= 15 is 0 Å². The molecule has 4 aliphatic carbocycles. The number of hydrogen-bond acceptors (Lipinski definition) is 3. The Morgan fingerprint density at radius 1 is 1.07 bits per heavy atom. The maximum Gasteiger partial charge on any atom is 0.302 e. The van der Waals surface area contributed by atoms with Gasteiger partial charge in [0.05, 0.1) is 0 Å². The molecular formula is C23H33BrO3. The minimum atomic E-state index is -0.164. The molecule has 4 aliphatic rings. The molecule has 0 aromatic carbocycles. The van der Waals surface area contributed by atoms with Crippen molar-refractivity contribution in [2.24, 2.45) is 34.5 Å². The first-order chi connectivity index (χ1) is 12.7. The molecule has 0 heterocycles. The smallest absolute Gasteiger partial charge is 0.302 e. The van der Waals surface area contributed by atoms with Crippen LogP contribution in [-0.4, -0.2) is 22.7 Å². The van der Waals surface area contributed by atoms with Crippen molar-refractivity contribution >= 4 is 27.7 Å². The first-order valence-corrected chi connectivity index (χ1v) is 11.6. The molecule has 0 aromatic rings. The number of carbonyl (C=O) groups is 2. The van der Waals surface area contributed by atoms with Gasteiger partial charge in [0.15, 0.2) is 0 Å². The Morgan fingerprint density at radius 3 is 2.48 bits per heavy atom. The van der Waals surface area contributed by atoms with E-state index in [-0.39, 0.29) is 28.8 Å². The van der Waals surface area contributed by atoms with Gasteiger partial charge in [0.25, 0.3) is 0 Å². The molecule has 0 spiro atoms. The van der Waals surface area contributed by atoms with Gasteiger partial charge in [-0.2, -0.15) is 0 Å². The van der Waals surface area contributed by atoms with E-state index in [0.29, 0.717) is 28.4 Å². The van der Waals surface area contributed by atoms with Crippen molar-refractivity contribution in [3.63, 3.8) is 0 Å². The molecule has 0 saturated heterocycles. The standard InChI is InChI=1S/C23H33BrO3/c1-13(25)17-5-6-18-21-19(8-10-23(17,18)4)22(3)9-7-16(27-14(2)26)11-15(22)12-20(21)24/h12,16-21H,5-11H2,1-4H3. The Balaban J connectivity index is 1.64. The van der Waals surface area contributed by atoms with E-state index in [9.17, 15) is 9.59 Å². The van der Waals surface area contributed by atoms with E-state index in [1.54, 1.807) is 6.92 Å². The molecular weight excluding hydrogens is 404 g/mol. The highest BCUT2D eigenvalue weighted by Crippen LogP contribution is 2.67. The van der Waals surface area contributed by atoms with E-state index in [0.717, 1.165) is 25.7 Å². The van der Waals surface area contributed by atoms with Crippen molar-refractivity contribution in [1.29, 1.82) is 0 Å². The number of rotatable bonds is 2. The summed E-state index contributed by atoms with van der Waals surface area (Å²) in [5.41, 5.74) is 1.89. The Bertz CT molecular complexity index is 685. The molecule has 4 heteroatoms. The van der Waals surface area contributed by atoms with Crippen molar-refractivity contribution in [3.8, 4) is 0 Å². The fourth-order valence-electron chi connectivity index (χ4n) is 7.57. The average Bonchev–Trinajstić information content (AvgIpc) is 2.93. The Labute approximate surface area is 171 Å². The Kier molecular flexibility index (Phi) is 4.89. The van der Waals surface area contributed by atoms with Crippen LogP contribution in [0.25, 0.3) is 0 Å². The van der Waals surface area contributed by atoms with E-state index in [1.165, 1.54) is 31.8 Å². The molecule has 0 amide bonds. The summed E-state index contributed by atoms with van der Waals surface area (Å²) in [7, 11) is 0. The third-order valence-electron chi connectivity index (χ3n) is 8.87. The molecule has 0 aliphatic heterocycles. The SMILES string of the molecule is CC(=O)OC1CCC2(C)C(=CC(Br)C3C2CCC2(C)C(C(C)=O)CCC32)C1. The van der Waals surface area contributed by atoms with Gasteiger partial charge in [0.2, 0.25) is 0 Å². The minimum absolute atomic E-state index is 0.0421. The highest BCUT2D eigenvalue weighted by atomic mass is 79.9. The van der Waals surface area contributed by atoms with Gasteiger partial charge in [-0.05, 0) is 74.0 Å². The van der Waals surface area contributed by atoms with Gasteiger partial charge in [0, 0.05) is 24.1 Å². The molecule has 0 bridgehead atoms. The Morgan fingerprint density at radius 2 is 1.81 bits per heavy atom. The van der Waals surface area contributed by atoms with Gasteiger partial charge in [-0.1, -0.05) is 41.4 Å². The number of Topliss-reactive ketones (excluding diaryl/α,β-unsaturated/α-hetero) is 1. The molecule has 8 unspecified atom stereocenters. The quantitative estimate of drug-likeness (QED) is 0.327. The van der Waals surface area contributed by atoms with Crippen LogP contribution in [-0.2, 0) is 14.3 Å². The first kappa shape index (κ1) is 19.7. The highest BCUT2D eigenvalue weighted by molar-refractivity contribution is 9.09. The molecule has 27 heavy (non-hydrogen) atoms. The maximum absolute atomic E-state index is 12.3. The lowest BCUT2D eigenvalue weighted by molar-refractivity contribution is -0.149. The number of alkyl halides is 1. The van der Waals surface area contributed by atoms with E-state index in [2.05, 4.69) is 35.9 Å². The van der Waals surface area contributed by atoms with Crippen molar-refractivity contribution in [2.75, 3.05) is 0 Å². The number of ether oxygens (including phenoxy) is 1. The zero-order valence-corrected chi connectivity index (χ0v) is 18.7. The van der Waals surface area contributed by atoms with E-state index < -0.39 is 0 Å². The number of halogens is 1. The molecule has 3 nitrogen and oxygen atoms in total. The van der Waals surface area contributed by atoms with Crippen LogP contribution in [0.3, 0.4) is 0 Å². The number of ketones is 1. The molecule has 4 rings (SSSR count). The summed E-state index contributed by atoms with van der Waals surface area (Å²) in [5, 5.41) is 0. The van der Waals surface area contributed by atoms with Crippen molar-refractivity contribution in [3.05, 3.63) is 11.6 Å². The topological polar surface area (TPSA) is 43.4 Å². The van der Waals surface area contributed by atoms with Crippen molar-refractivity contribution < 1.29 is 14.3 Å². The predicted molar refractivity (Wildman–Crippen MR) is 110 cm³/mol. The van der Waals surface area contributed by atoms with Gasteiger partial charge in [-0.25, -0.2) is 0 Å². The third kappa shape index (κ3) is 2.96. The van der Waals surface area contributed by atoms with Gasteiger partial charge < -0.3 is 4.74 Å². The predicted octanol–water partition coefficient (Wildman–Crippen LogP) is 5.46. The lowest BCUT2D eigenvalue weighted by Gasteiger charge is -2.59. The fourth-order valence-corrected chi connectivity index (χ4v) is 8.63. The van der Waals surface area contributed by atoms with Crippen LogP contribution in [0.2, 0.25) is 0 Å². The average molecular weight is 437 g/mol. The monoisotopic (exact) mass is 436 g/mol. The van der Waals surface area contributed by atoms with Gasteiger partial charge in [-0.3, -0.25) is 9.59 Å². The van der Waals surface area contributed by atoms with Crippen LogP contribution in [0, 0.1) is 34.5 Å². The summed E-state index contributed by atoms with van der Waals surface area (Å²) in [6, 6.07) is 0. The van der Waals surface area contributed by atoms with E-state index in [1.807, 2.05) is 0 Å². The van der Waals surface area contributed by atoms with Crippen LogP contribution < -0.4 is 0 Å². The van der Waals surface area contributed by atoms with Gasteiger partial charge >= 0.3 is 5.97 Å². The van der Waals surface area contributed by atoms with Crippen LogP contribution >= 0.6 is 15.9 Å². The number of carbonyl (C=O) groups excluding carboxylic acids is 2. The molecule has 0 aromatic heterocycles. The maximum atomic E-state index is 12.3. The third-order valence-corrected chi connectivity index (χ3v) is 9.74. The lowest BCUT2D eigenvalue weighted by Crippen LogP contribution is -2.54. The van der Waals surface area contributed by atoms with Crippen molar-refractivity contribution in [2.45, 2.75) is 83.6 Å². The van der Waals surface area contributed by atoms with Gasteiger partial charge in [-0.15, -0.1) is 0 Å². The number of allylic oxidation sites excluding steroid dienone is 1. The van der Waals surface area contributed by atoms with Crippen LogP contribution in [0.5, 0.6) is 0 Å². The normalized spacial score (nSPS) is 48.7. The van der Waals surface area contributed by atoms with Gasteiger partial charge in [0.1, 0.15) is 11.9 Å². The number of hydrogen-bond donors (Lipinski definition) is 0. The van der Waals surface area contributed by atoms with Crippen LogP contribution in [0.4, 0.5) is 0 Å². The largest absolute Gasteiger partial charge is 0.462 e.